The number of benzene rings is 3. The molecule has 44 heavy (non-hydrogen) atoms. The van der Waals surface area contributed by atoms with Gasteiger partial charge < -0.3 is 9.84 Å². The van der Waals surface area contributed by atoms with E-state index in [1.54, 1.807) is 73.7 Å². The summed E-state index contributed by atoms with van der Waals surface area (Å²) in [5, 5.41) is 11.5. The summed E-state index contributed by atoms with van der Waals surface area (Å²) in [6.07, 6.45) is 2.54. The molecule has 4 aliphatic rings. The van der Waals surface area contributed by atoms with Gasteiger partial charge in [-0.3, -0.25) is 24.1 Å². The lowest BCUT2D eigenvalue weighted by Gasteiger charge is -2.49. The third-order valence-electron chi connectivity index (χ3n) is 10.0. The number of anilines is 2. The van der Waals surface area contributed by atoms with Crippen molar-refractivity contribution in [2.24, 2.45) is 29.1 Å². The zero-order valence-corrected chi connectivity index (χ0v) is 25.9. The van der Waals surface area contributed by atoms with E-state index in [0.29, 0.717) is 30.0 Å². The van der Waals surface area contributed by atoms with Gasteiger partial charge >= 0.3 is 0 Å². The molecular formula is C35H31BrN2O6. The first kappa shape index (κ1) is 28.5. The molecule has 8 nitrogen and oxygen atoms in total. The molecule has 3 fully saturated rings. The molecule has 2 heterocycles. The number of carbonyl (C=O) groups is 4. The second-order valence-corrected chi connectivity index (χ2v) is 13.0. The van der Waals surface area contributed by atoms with Crippen molar-refractivity contribution >= 4 is 50.9 Å². The molecule has 0 aromatic heterocycles. The SMILES string of the molecule is CCOc1cccc(C2C3=CCC4C(=O)N(c5ccc(Br)cc5)C(=O)C4C3CC3C(=O)N(c4ccccc4)C(=O)C32C)c1O. The quantitative estimate of drug-likeness (QED) is 0.268. The number of carbonyl (C=O) groups excluding carboxylic acids is 4. The van der Waals surface area contributed by atoms with E-state index >= 15 is 0 Å². The molecule has 224 valence electrons. The zero-order chi connectivity index (χ0) is 30.9. The van der Waals surface area contributed by atoms with Gasteiger partial charge in [-0.1, -0.05) is 57.9 Å². The molecule has 0 bridgehead atoms. The van der Waals surface area contributed by atoms with Gasteiger partial charge in [0.25, 0.3) is 0 Å². The molecule has 4 amide bonds. The van der Waals surface area contributed by atoms with E-state index in [0.717, 1.165) is 10.0 Å². The standard InChI is InChI=1S/C35H31BrN2O6/c1-3-44-27-11-7-10-24(30(27)39)29-22-16-17-23-28(33(42)37(31(23)40)21-14-12-19(36)13-15-21)25(22)18-26-32(41)38(34(43)35(26,29)2)20-8-5-4-6-9-20/h4-16,23,25-26,28-29,39H,3,17-18H2,1-2H3. The number of hydrogen-bond acceptors (Lipinski definition) is 6. The molecular weight excluding hydrogens is 624 g/mol. The predicted molar refractivity (Wildman–Crippen MR) is 167 cm³/mol. The van der Waals surface area contributed by atoms with E-state index in [1.165, 1.54) is 9.80 Å². The number of ether oxygens (including phenoxy) is 1. The Balaban J connectivity index is 1.38. The minimum Gasteiger partial charge on any atom is -0.504 e. The molecule has 2 saturated heterocycles. The highest BCUT2D eigenvalue weighted by Crippen LogP contribution is 2.64. The third kappa shape index (κ3) is 3.94. The number of phenols is 1. The van der Waals surface area contributed by atoms with Gasteiger partial charge in [0.15, 0.2) is 11.5 Å². The molecule has 1 saturated carbocycles. The third-order valence-corrected chi connectivity index (χ3v) is 10.5. The smallest absolute Gasteiger partial charge is 0.241 e. The highest BCUT2D eigenvalue weighted by molar-refractivity contribution is 9.10. The fourth-order valence-electron chi connectivity index (χ4n) is 8.07. The highest BCUT2D eigenvalue weighted by atomic mass is 79.9. The maximum Gasteiger partial charge on any atom is 0.241 e. The van der Waals surface area contributed by atoms with E-state index in [4.69, 9.17) is 4.74 Å². The van der Waals surface area contributed by atoms with Crippen molar-refractivity contribution in [1.82, 2.24) is 0 Å². The lowest BCUT2D eigenvalue weighted by Crippen LogP contribution is -2.48. The van der Waals surface area contributed by atoms with Gasteiger partial charge in [0.1, 0.15) is 0 Å². The number of fused-ring (bicyclic) bond motifs is 4. The number of halogens is 1. The van der Waals surface area contributed by atoms with Gasteiger partial charge in [-0.15, -0.1) is 0 Å². The van der Waals surface area contributed by atoms with Crippen LogP contribution in [0.1, 0.15) is 38.2 Å². The van der Waals surface area contributed by atoms with Gasteiger partial charge in [0.05, 0.1) is 41.2 Å². The van der Waals surface area contributed by atoms with E-state index in [9.17, 15) is 24.3 Å². The number of aromatic hydroxyl groups is 1. The number of para-hydroxylation sites is 2. The molecule has 6 atom stereocenters. The number of imide groups is 2. The first-order valence-electron chi connectivity index (χ1n) is 14.9. The van der Waals surface area contributed by atoms with Crippen LogP contribution in [0.5, 0.6) is 11.5 Å². The molecule has 2 aliphatic carbocycles. The number of rotatable bonds is 5. The summed E-state index contributed by atoms with van der Waals surface area (Å²) in [6, 6.07) is 21.1. The summed E-state index contributed by atoms with van der Waals surface area (Å²) < 4.78 is 6.55. The highest BCUT2D eigenvalue weighted by Gasteiger charge is 2.68. The Hall–Kier alpha value is -4.24. The first-order valence-corrected chi connectivity index (χ1v) is 15.7. The maximum absolute atomic E-state index is 14.5. The van der Waals surface area contributed by atoms with Crippen molar-refractivity contribution in [3.63, 3.8) is 0 Å². The minimum absolute atomic E-state index is 0.0910. The zero-order valence-electron chi connectivity index (χ0n) is 24.3. The summed E-state index contributed by atoms with van der Waals surface area (Å²) in [4.78, 5) is 59.2. The Bertz CT molecular complexity index is 1740. The topological polar surface area (TPSA) is 104 Å². The Morgan fingerprint density at radius 3 is 2.27 bits per heavy atom. The van der Waals surface area contributed by atoms with Gasteiger partial charge in [0, 0.05) is 16.0 Å². The number of phenolic OH excluding ortho intramolecular Hbond substituents is 1. The van der Waals surface area contributed by atoms with Crippen LogP contribution < -0.4 is 14.5 Å². The molecule has 3 aromatic rings. The number of nitrogens with zero attached hydrogens (tertiary/aromatic N) is 2. The van der Waals surface area contributed by atoms with Crippen LogP contribution in [0.4, 0.5) is 11.4 Å². The Morgan fingerprint density at radius 2 is 1.57 bits per heavy atom. The van der Waals surface area contributed by atoms with Crippen molar-refractivity contribution in [3.8, 4) is 11.5 Å². The number of hydrogen-bond donors (Lipinski definition) is 1. The Morgan fingerprint density at radius 1 is 0.864 bits per heavy atom. The van der Waals surface area contributed by atoms with Crippen LogP contribution in [0.3, 0.4) is 0 Å². The predicted octanol–water partition coefficient (Wildman–Crippen LogP) is 5.99. The van der Waals surface area contributed by atoms with Crippen LogP contribution in [0.15, 0.2) is 88.9 Å². The first-order chi connectivity index (χ1) is 21.2. The summed E-state index contributed by atoms with van der Waals surface area (Å²) in [6.45, 7) is 3.95. The average Bonchev–Trinajstić information content (AvgIpc) is 3.39. The second kappa shape index (κ2) is 10.4. The molecule has 6 unspecified atom stereocenters. The molecule has 0 spiro atoms. The largest absolute Gasteiger partial charge is 0.504 e. The van der Waals surface area contributed by atoms with Crippen molar-refractivity contribution in [2.75, 3.05) is 16.4 Å². The number of allylic oxidation sites excluding steroid dienone is 2. The Labute approximate surface area is 263 Å². The molecule has 0 radical (unpaired) electrons. The van der Waals surface area contributed by atoms with Crippen molar-refractivity contribution in [2.45, 2.75) is 32.6 Å². The van der Waals surface area contributed by atoms with Crippen LogP contribution in [-0.2, 0) is 19.2 Å². The van der Waals surface area contributed by atoms with E-state index < -0.39 is 35.0 Å². The van der Waals surface area contributed by atoms with Crippen molar-refractivity contribution in [3.05, 3.63) is 94.5 Å². The molecule has 2 aliphatic heterocycles. The van der Waals surface area contributed by atoms with Crippen molar-refractivity contribution in [1.29, 1.82) is 0 Å². The van der Waals surface area contributed by atoms with E-state index in [2.05, 4.69) is 15.9 Å². The fourth-order valence-corrected chi connectivity index (χ4v) is 8.34. The van der Waals surface area contributed by atoms with Gasteiger partial charge in [-0.25, -0.2) is 4.90 Å². The lowest BCUT2D eigenvalue weighted by atomic mass is 9.51. The average molecular weight is 656 g/mol. The van der Waals surface area contributed by atoms with Gasteiger partial charge in [0.2, 0.25) is 23.6 Å². The summed E-state index contributed by atoms with van der Waals surface area (Å²) in [7, 11) is 0. The summed E-state index contributed by atoms with van der Waals surface area (Å²) in [5.41, 5.74) is 1.01. The molecule has 3 aromatic carbocycles. The van der Waals surface area contributed by atoms with Crippen LogP contribution in [0, 0.1) is 29.1 Å². The second-order valence-electron chi connectivity index (χ2n) is 12.1. The van der Waals surface area contributed by atoms with Crippen LogP contribution in [0.25, 0.3) is 0 Å². The fraction of sp³-hybridized carbons (Fsp3) is 0.314. The normalized spacial score (nSPS) is 29.3. The minimum atomic E-state index is -1.25. The Kier molecular flexibility index (Phi) is 6.77. The van der Waals surface area contributed by atoms with Gasteiger partial charge in [-0.05, 0) is 75.1 Å². The van der Waals surface area contributed by atoms with E-state index in [-0.39, 0.29) is 41.5 Å². The molecule has 7 rings (SSSR count). The van der Waals surface area contributed by atoms with Crippen LogP contribution >= 0.6 is 15.9 Å². The summed E-state index contributed by atoms with van der Waals surface area (Å²) in [5.74, 6) is -4.30. The van der Waals surface area contributed by atoms with Crippen LogP contribution in [0.2, 0.25) is 0 Å². The van der Waals surface area contributed by atoms with Crippen molar-refractivity contribution < 1.29 is 29.0 Å². The molecule has 9 heteroatoms. The maximum atomic E-state index is 14.5. The lowest BCUT2D eigenvalue weighted by molar-refractivity contribution is -0.131. The number of amides is 4. The van der Waals surface area contributed by atoms with Gasteiger partial charge in [-0.2, -0.15) is 0 Å². The van der Waals surface area contributed by atoms with Crippen LogP contribution in [-0.4, -0.2) is 35.3 Å². The monoisotopic (exact) mass is 654 g/mol. The molecule has 1 N–H and O–H groups in total. The summed E-state index contributed by atoms with van der Waals surface area (Å²) >= 11 is 3.41. The van der Waals surface area contributed by atoms with E-state index in [1.807, 2.05) is 19.1 Å².